The van der Waals surface area contributed by atoms with Crippen molar-refractivity contribution in [2.45, 2.75) is 50.8 Å². The Morgan fingerprint density at radius 1 is 1.19 bits per heavy atom. The van der Waals surface area contributed by atoms with Crippen LogP contribution in [0.3, 0.4) is 0 Å². The molecule has 0 bridgehead atoms. The predicted octanol–water partition coefficient (Wildman–Crippen LogP) is 3.45. The van der Waals surface area contributed by atoms with Crippen molar-refractivity contribution < 1.29 is 8.42 Å². The molecular formula is C16H24N2O2S. The highest BCUT2D eigenvalue weighted by molar-refractivity contribution is 7.89. The molecule has 0 aliphatic heterocycles. The third kappa shape index (κ3) is 3.45. The molecule has 0 radical (unpaired) electrons. The Bertz CT molecular complexity index is 656. The van der Waals surface area contributed by atoms with Crippen molar-refractivity contribution in [1.29, 1.82) is 5.26 Å². The molecule has 0 saturated carbocycles. The first-order chi connectivity index (χ1) is 9.66. The molecule has 1 rings (SSSR count). The summed E-state index contributed by atoms with van der Waals surface area (Å²) in [5.41, 5.74) is 2.08. The van der Waals surface area contributed by atoms with Crippen LogP contribution in [-0.4, -0.2) is 26.8 Å². The average molecular weight is 308 g/mol. The van der Waals surface area contributed by atoms with E-state index in [0.717, 1.165) is 17.5 Å². The molecule has 1 atom stereocenters. The van der Waals surface area contributed by atoms with Gasteiger partial charge in [-0.1, -0.05) is 27.7 Å². The molecule has 5 heteroatoms. The number of benzene rings is 1. The fourth-order valence-electron chi connectivity index (χ4n) is 2.21. The summed E-state index contributed by atoms with van der Waals surface area (Å²) in [4.78, 5) is 0.324. The monoisotopic (exact) mass is 308 g/mol. The van der Waals surface area contributed by atoms with Crippen LogP contribution in [0, 0.1) is 11.3 Å². The topological polar surface area (TPSA) is 61.2 Å². The largest absolute Gasteiger partial charge is 0.242 e. The second-order valence-electron chi connectivity index (χ2n) is 5.84. The van der Waals surface area contributed by atoms with Crippen molar-refractivity contribution in [3.8, 4) is 6.07 Å². The van der Waals surface area contributed by atoms with Gasteiger partial charge in [-0.15, -0.1) is 0 Å². The van der Waals surface area contributed by atoms with Crippen LogP contribution in [0.25, 0.3) is 0 Å². The van der Waals surface area contributed by atoms with E-state index in [2.05, 4.69) is 6.07 Å². The molecule has 4 nitrogen and oxygen atoms in total. The van der Waals surface area contributed by atoms with Crippen LogP contribution in [-0.2, 0) is 10.0 Å². The van der Waals surface area contributed by atoms with E-state index in [1.807, 2.05) is 27.7 Å². The summed E-state index contributed by atoms with van der Waals surface area (Å²) in [5, 5.41) is 9.34. The van der Waals surface area contributed by atoms with Crippen LogP contribution < -0.4 is 0 Å². The van der Waals surface area contributed by atoms with Crippen LogP contribution in [0.2, 0.25) is 0 Å². The molecule has 21 heavy (non-hydrogen) atoms. The molecule has 0 aliphatic carbocycles. The molecule has 1 unspecified atom stereocenters. The van der Waals surface area contributed by atoms with Crippen LogP contribution in [0.5, 0.6) is 0 Å². The highest BCUT2D eigenvalue weighted by atomic mass is 32.2. The lowest BCUT2D eigenvalue weighted by Gasteiger charge is -2.21. The van der Waals surface area contributed by atoms with Gasteiger partial charge in [0.2, 0.25) is 10.0 Å². The molecule has 0 spiro atoms. The van der Waals surface area contributed by atoms with E-state index < -0.39 is 10.0 Å². The number of sulfonamides is 1. The molecule has 116 valence electrons. The molecule has 0 fully saturated rings. The summed E-state index contributed by atoms with van der Waals surface area (Å²) in [5.74, 6) is 0.185. The minimum atomic E-state index is -3.52. The molecule has 0 aromatic heterocycles. The molecule has 0 saturated heterocycles. The second kappa shape index (κ2) is 6.59. The number of rotatable bonds is 5. The third-order valence-corrected chi connectivity index (χ3v) is 5.70. The number of hydrogen-bond donors (Lipinski definition) is 0. The zero-order chi connectivity index (χ0) is 16.4. The Hall–Kier alpha value is -1.38. The Balaban J connectivity index is 3.76. The van der Waals surface area contributed by atoms with E-state index >= 15 is 0 Å². The first-order valence-electron chi connectivity index (χ1n) is 7.17. The van der Waals surface area contributed by atoms with Gasteiger partial charge >= 0.3 is 0 Å². The van der Waals surface area contributed by atoms with Crippen LogP contribution in [0.4, 0.5) is 0 Å². The van der Waals surface area contributed by atoms with Crippen molar-refractivity contribution in [2.75, 3.05) is 14.1 Å². The maximum atomic E-state index is 12.6. The van der Waals surface area contributed by atoms with E-state index in [9.17, 15) is 13.7 Å². The zero-order valence-corrected chi connectivity index (χ0v) is 14.5. The summed E-state index contributed by atoms with van der Waals surface area (Å²) < 4.78 is 26.4. The highest BCUT2D eigenvalue weighted by Gasteiger charge is 2.26. The minimum absolute atomic E-state index is 0.0861. The van der Waals surface area contributed by atoms with Crippen molar-refractivity contribution in [1.82, 2.24) is 4.31 Å². The molecule has 0 aliphatic rings. The van der Waals surface area contributed by atoms with Crippen molar-refractivity contribution in [3.63, 3.8) is 0 Å². The Morgan fingerprint density at radius 3 is 2.14 bits per heavy atom. The van der Waals surface area contributed by atoms with Gasteiger partial charge in [-0.3, -0.25) is 0 Å². The summed E-state index contributed by atoms with van der Waals surface area (Å²) in [6, 6.07) is 5.63. The van der Waals surface area contributed by atoms with Gasteiger partial charge in [-0.05, 0) is 41.5 Å². The number of nitrogens with zero attached hydrogens (tertiary/aromatic N) is 2. The van der Waals surface area contributed by atoms with Crippen LogP contribution in [0.1, 0.15) is 62.6 Å². The summed E-state index contributed by atoms with van der Waals surface area (Å²) >= 11 is 0. The quantitative estimate of drug-likeness (QED) is 0.837. The van der Waals surface area contributed by atoms with Crippen molar-refractivity contribution >= 4 is 10.0 Å². The van der Waals surface area contributed by atoms with E-state index in [0.29, 0.717) is 10.5 Å². The normalized spacial score (nSPS) is 13.5. The van der Waals surface area contributed by atoms with E-state index in [4.69, 9.17) is 0 Å². The lowest BCUT2D eigenvalue weighted by molar-refractivity contribution is 0.517. The second-order valence-corrected chi connectivity index (χ2v) is 7.96. The first kappa shape index (κ1) is 17.7. The highest BCUT2D eigenvalue weighted by Crippen LogP contribution is 2.33. The van der Waals surface area contributed by atoms with E-state index in [-0.39, 0.29) is 11.8 Å². The Kier molecular flexibility index (Phi) is 5.54. The number of hydrogen-bond acceptors (Lipinski definition) is 3. The van der Waals surface area contributed by atoms with Gasteiger partial charge in [0.25, 0.3) is 0 Å². The van der Waals surface area contributed by atoms with Crippen LogP contribution >= 0.6 is 0 Å². The molecular weight excluding hydrogens is 284 g/mol. The van der Waals surface area contributed by atoms with Crippen LogP contribution in [0.15, 0.2) is 17.0 Å². The predicted molar refractivity (Wildman–Crippen MR) is 84.8 cm³/mol. The maximum absolute atomic E-state index is 12.6. The summed E-state index contributed by atoms with van der Waals surface area (Å²) in [6.45, 7) is 7.93. The average Bonchev–Trinajstić information content (AvgIpc) is 2.44. The fourth-order valence-corrected chi connectivity index (χ4v) is 3.44. The van der Waals surface area contributed by atoms with E-state index in [1.165, 1.54) is 18.4 Å². The smallest absolute Gasteiger partial charge is 0.207 e. The number of nitriles is 1. The van der Waals surface area contributed by atoms with Gasteiger partial charge in [0.1, 0.15) is 0 Å². The Morgan fingerprint density at radius 2 is 1.76 bits per heavy atom. The SMILES string of the molecule is CCC(C)c1cc(C#N)c(C(C)C)cc1S(=O)(=O)N(C)C. The van der Waals surface area contributed by atoms with Gasteiger partial charge in [0.05, 0.1) is 16.5 Å². The first-order valence-corrected chi connectivity index (χ1v) is 8.61. The molecule has 0 N–H and O–H groups in total. The standard InChI is InChI=1S/C16H24N2O2S/c1-7-12(4)15-8-13(10-17)14(11(2)3)9-16(15)21(19,20)18(5)6/h8-9,11-12H,7H2,1-6H3. The lowest BCUT2D eigenvalue weighted by Crippen LogP contribution is -2.24. The third-order valence-electron chi connectivity index (χ3n) is 3.83. The molecule has 0 amide bonds. The van der Waals surface area contributed by atoms with Gasteiger partial charge < -0.3 is 0 Å². The van der Waals surface area contributed by atoms with E-state index in [1.54, 1.807) is 12.1 Å². The van der Waals surface area contributed by atoms with Crippen molar-refractivity contribution in [3.05, 3.63) is 28.8 Å². The van der Waals surface area contributed by atoms with Gasteiger partial charge in [0, 0.05) is 14.1 Å². The maximum Gasteiger partial charge on any atom is 0.242 e. The zero-order valence-electron chi connectivity index (χ0n) is 13.6. The Labute approximate surface area is 128 Å². The lowest BCUT2D eigenvalue weighted by atomic mass is 9.91. The fraction of sp³-hybridized carbons (Fsp3) is 0.562. The van der Waals surface area contributed by atoms with Gasteiger partial charge in [-0.25, -0.2) is 12.7 Å². The van der Waals surface area contributed by atoms with Gasteiger partial charge in [-0.2, -0.15) is 5.26 Å². The van der Waals surface area contributed by atoms with Crippen molar-refractivity contribution in [2.24, 2.45) is 0 Å². The molecule has 0 heterocycles. The van der Waals surface area contributed by atoms with Gasteiger partial charge in [0.15, 0.2) is 0 Å². The summed E-state index contributed by atoms with van der Waals surface area (Å²) in [6.07, 6.45) is 0.821. The molecule has 1 aromatic carbocycles. The molecule has 1 aromatic rings. The minimum Gasteiger partial charge on any atom is -0.207 e. The summed E-state index contributed by atoms with van der Waals surface area (Å²) in [7, 11) is -0.458.